The van der Waals surface area contributed by atoms with E-state index in [0.717, 1.165) is 0 Å². The number of hydrogen-bond acceptors (Lipinski definition) is 31. The summed E-state index contributed by atoms with van der Waals surface area (Å²) in [6, 6.07) is 17.5. The Kier molecular flexibility index (Phi) is 22.9. The highest BCUT2D eigenvalue weighted by molar-refractivity contribution is 5.90. The van der Waals surface area contributed by atoms with Crippen molar-refractivity contribution in [3.8, 4) is 0 Å². The van der Waals surface area contributed by atoms with Gasteiger partial charge in [0.1, 0.15) is 110 Å². The van der Waals surface area contributed by atoms with Gasteiger partial charge in [0.05, 0.1) is 54.2 Å². The fourth-order valence-corrected chi connectivity index (χ4v) is 21.6. The number of aliphatic carboxylic acids is 1. The highest BCUT2D eigenvalue weighted by atomic mass is 16.8. The lowest BCUT2D eigenvalue weighted by Crippen LogP contribution is -2.77. The SMILES string of the molecule is C[C@@H]1O[C@@H](O[C@H]2[C@H](O[C@H]3[C@H](O[C@H]4[C@H](O)[C@@H](C(=O)O)O[C@@H](O[C@H]5CC[C@]6(C)[C@H]7CC[C@]89O[C@H](O)[C@]%10(C8CC(C)(C)[C@@H](OC(=O)c8ccccc8)[C@@H]%10OC(=O)/C=C\c8ccccc8)[C@H](O)C[C@@]9(C)[C@]7(C)CC[C@H]6C5(C)C)[C@@H]4O[C@@H]4O[C@H](CO)[C@H](O)[C@H](O)[C@H]4O)O[C@H](CO)[C@H](O)[C@@H]3O)O[C@@H](C)[C@H](O)[C@H]2O)[C@H](O)[C@H](O)[C@H]1O. The lowest BCUT2D eigenvalue weighted by molar-refractivity contribution is -0.412. The van der Waals surface area contributed by atoms with Gasteiger partial charge >= 0.3 is 17.9 Å². The quantitative estimate of drug-likeness (QED) is 0.0484. The third kappa shape index (κ3) is 13.3. The maximum Gasteiger partial charge on any atom is 0.338 e. The number of aliphatic hydroxyl groups excluding tert-OH is 15. The Balaban J connectivity index is 0.808. The molecular formula is C76H108O32. The van der Waals surface area contributed by atoms with Crippen LogP contribution in [0.1, 0.15) is 130 Å². The summed E-state index contributed by atoms with van der Waals surface area (Å²) in [4.78, 5) is 42.2. The summed E-state index contributed by atoms with van der Waals surface area (Å²) in [7, 11) is 0. The topological polar surface area (TPSA) is 495 Å². The Morgan fingerprint density at radius 2 is 1.02 bits per heavy atom. The van der Waals surface area contributed by atoms with Crippen LogP contribution >= 0.6 is 0 Å². The number of rotatable bonds is 18. The molecule has 604 valence electrons. The zero-order valence-corrected chi connectivity index (χ0v) is 61.7. The summed E-state index contributed by atoms with van der Waals surface area (Å²) in [5.41, 5.74) is -5.88. The molecule has 6 aliphatic heterocycles. The van der Waals surface area contributed by atoms with Crippen molar-refractivity contribution in [3.05, 3.63) is 77.9 Å². The summed E-state index contributed by atoms with van der Waals surface area (Å²) in [5, 5.41) is 183. The van der Waals surface area contributed by atoms with E-state index in [0.29, 0.717) is 37.7 Å². The number of hydrogen-bond donors (Lipinski definition) is 16. The summed E-state index contributed by atoms with van der Waals surface area (Å²) in [6.45, 7) is 15.1. The van der Waals surface area contributed by atoms with Crippen molar-refractivity contribution < 1.29 is 158 Å². The molecule has 0 aromatic heterocycles. The molecule has 2 aromatic carbocycles. The van der Waals surface area contributed by atoms with Crippen molar-refractivity contribution in [3.63, 3.8) is 0 Å². The van der Waals surface area contributed by atoms with Crippen molar-refractivity contribution >= 4 is 24.0 Å². The van der Waals surface area contributed by atoms with Crippen LogP contribution in [-0.4, -0.2) is 303 Å². The molecule has 108 heavy (non-hydrogen) atoms. The number of fused-ring (bicyclic) bond motifs is 4. The van der Waals surface area contributed by atoms with E-state index in [1.165, 1.54) is 19.9 Å². The molecular weight excluding hydrogens is 1420 g/mol. The standard InChI is InChI=1S/C76H108O32/c1-32-44(81)48(85)52(89)64(96-32)104-57-50(87)45(82)33(2)97-66(57)105-58-51(88)47(84)37(31-78)99-67(58)102-55-54(91)56(62(92)93)103-68(59(55)106-65-53(90)49(86)46(83)36(30-77)98-65)100-42-24-25-72(7)38(71(42,5)6)22-26-73(8)39(72)23-27-75-40-28-70(3,4)60(107-63(94)35-18-14-11-15-19-35)61(101-43(80)21-20-34-16-12-10-13-17-34)76(40,69(95)108-75)41(79)29-74(73,75)9/h10-21,32-33,36-42,44-61,64-69,77-79,81-91,95H,22-31H2,1-9H3,(H,92,93)/b21-20-/t32-,33-,36+,37+,38-,39+,40?,41+,42-,44-,45-,46-,47-,48+,49-,50+,51-,52+,53+,54-,55-,56-,57+,58+,59+,60-,61-,64-,65-,66-,67-,68+,69-,72-,73+,74-,75-,76+/m0/s1. The largest absolute Gasteiger partial charge is 0.479 e. The molecule has 1 spiro atoms. The smallest absolute Gasteiger partial charge is 0.338 e. The van der Waals surface area contributed by atoms with Gasteiger partial charge in [-0.2, -0.15) is 0 Å². The van der Waals surface area contributed by atoms with Crippen LogP contribution in [0.5, 0.6) is 0 Å². The van der Waals surface area contributed by atoms with Gasteiger partial charge in [-0.25, -0.2) is 14.4 Å². The monoisotopic (exact) mass is 1530 g/mol. The first-order chi connectivity index (χ1) is 50.9. The number of carbonyl (C=O) groups excluding carboxylic acids is 2. The van der Waals surface area contributed by atoms with Crippen LogP contribution in [0.2, 0.25) is 0 Å². The second-order valence-electron chi connectivity index (χ2n) is 34.0. The summed E-state index contributed by atoms with van der Waals surface area (Å²) >= 11 is 0. The van der Waals surface area contributed by atoms with Gasteiger partial charge in [-0.05, 0) is 117 Å². The number of carbonyl (C=O) groups is 3. The van der Waals surface area contributed by atoms with Crippen molar-refractivity contribution in [2.24, 2.45) is 50.2 Å². The number of benzene rings is 2. The van der Waals surface area contributed by atoms with Crippen molar-refractivity contribution in [1.82, 2.24) is 0 Å². The average Bonchev–Trinajstić information content (AvgIpc) is 1.40. The molecule has 6 saturated heterocycles. The molecule has 38 atom stereocenters. The van der Waals surface area contributed by atoms with Gasteiger partial charge in [0.15, 0.2) is 49.9 Å². The fourth-order valence-electron chi connectivity index (χ4n) is 21.6. The molecule has 32 nitrogen and oxygen atoms in total. The van der Waals surface area contributed by atoms with E-state index in [1.54, 1.807) is 36.4 Å². The van der Waals surface area contributed by atoms with Crippen LogP contribution in [0.15, 0.2) is 66.7 Å². The molecule has 5 saturated carbocycles. The molecule has 13 rings (SSSR count). The van der Waals surface area contributed by atoms with E-state index < -0.39 is 259 Å². The minimum absolute atomic E-state index is 0.0823. The molecule has 6 heterocycles. The highest BCUT2D eigenvalue weighted by Gasteiger charge is 2.86. The first-order valence-corrected chi connectivity index (χ1v) is 37.6. The van der Waals surface area contributed by atoms with Gasteiger partial charge in [-0.15, -0.1) is 0 Å². The van der Waals surface area contributed by atoms with Crippen LogP contribution in [-0.2, 0) is 71.2 Å². The molecule has 2 aromatic rings. The first kappa shape index (κ1) is 81.6. The fraction of sp³-hybridized carbons (Fsp3) is 0.776. The molecule has 11 aliphatic rings. The van der Waals surface area contributed by atoms with Crippen molar-refractivity contribution in [1.29, 1.82) is 0 Å². The molecule has 5 aliphatic carbocycles. The zero-order chi connectivity index (χ0) is 78.2. The minimum Gasteiger partial charge on any atom is -0.479 e. The number of aliphatic hydroxyl groups is 15. The van der Waals surface area contributed by atoms with Crippen LogP contribution in [0.25, 0.3) is 6.08 Å². The van der Waals surface area contributed by atoms with E-state index in [2.05, 4.69) is 20.8 Å². The van der Waals surface area contributed by atoms with E-state index in [9.17, 15) is 96.1 Å². The van der Waals surface area contributed by atoms with Crippen LogP contribution < -0.4 is 0 Å². The van der Waals surface area contributed by atoms with Crippen molar-refractivity contribution in [2.75, 3.05) is 13.2 Å². The Labute approximate surface area is 624 Å². The van der Waals surface area contributed by atoms with E-state index in [1.807, 2.05) is 58.0 Å². The Bertz CT molecular complexity index is 3520. The predicted molar refractivity (Wildman–Crippen MR) is 365 cm³/mol. The highest BCUT2D eigenvalue weighted by Crippen LogP contribution is 2.82. The number of esters is 2. The second-order valence-corrected chi connectivity index (χ2v) is 34.0. The third-order valence-corrected chi connectivity index (χ3v) is 27.5. The van der Waals surface area contributed by atoms with Gasteiger partial charge in [0, 0.05) is 22.8 Å². The molecule has 32 heteroatoms. The van der Waals surface area contributed by atoms with Gasteiger partial charge in [0.25, 0.3) is 0 Å². The lowest BCUT2D eigenvalue weighted by Gasteiger charge is -2.75. The Morgan fingerprint density at radius 3 is 1.65 bits per heavy atom. The molecule has 0 amide bonds. The summed E-state index contributed by atoms with van der Waals surface area (Å²) in [5.74, 6) is -4.27. The summed E-state index contributed by atoms with van der Waals surface area (Å²) in [6.07, 6.45) is -49.2. The third-order valence-electron chi connectivity index (χ3n) is 27.5. The second kappa shape index (κ2) is 30.4. The van der Waals surface area contributed by atoms with Crippen LogP contribution in [0.3, 0.4) is 0 Å². The number of carboxylic acids is 1. The Morgan fingerprint density at radius 1 is 0.500 bits per heavy atom. The van der Waals surface area contributed by atoms with Crippen LogP contribution in [0.4, 0.5) is 0 Å². The average molecular weight is 1530 g/mol. The molecule has 16 N–H and O–H groups in total. The maximum atomic E-state index is 14.4. The van der Waals surface area contributed by atoms with Crippen LogP contribution in [0, 0.1) is 50.2 Å². The molecule has 0 radical (unpaired) electrons. The first-order valence-electron chi connectivity index (χ1n) is 37.6. The molecule has 1 unspecified atom stereocenters. The summed E-state index contributed by atoms with van der Waals surface area (Å²) < 4.78 is 82.4. The lowest BCUT2D eigenvalue weighted by atomic mass is 9.30. The molecule has 2 bridgehead atoms. The maximum absolute atomic E-state index is 14.4. The predicted octanol–water partition coefficient (Wildman–Crippen LogP) is -0.990. The normalized spacial score (nSPS) is 50.3. The van der Waals surface area contributed by atoms with Crippen molar-refractivity contribution in [2.45, 2.75) is 304 Å². The van der Waals surface area contributed by atoms with E-state index in [-0.39, 0.29) is 36.7 Å². The Hall–Kier alpha value is -4.45. The van der Waals surface area contributed by atoms with E-state index in [4.69, 9.17) is 61.6 Å². The zero-order valence-electron chi connectivity index (χ0n) is 61.7. The van der Waals surface area contributed by atoms with Gasteiger partial charge < -0.3 is 143 Å². The van der Waals surface area contributed by atoms with Gasteiger partial charge in [0.2, 0.25) is 0 Å². The van der Waals surface area contributed by atoms with E-state index >= 15 is 0 Å². The van der Waals surface area contributed by atoms with Gasteiger partial charge in [-0.1, -0.05) is 97.0 Å². The number of carboxylic acid groups (broad SMARTS) is 1. The molecule has 11 fully saturated rings. The minimum atomic E-state index is -2.38. The number of ether oxygens (including phenoxy) is 13. The van der Waals surface area contributed by atoms with Gasteiger partial charge in [-0.3, -0.25) is 0 Å².